The Hall–Kier alpha value is -1.39. The average Bonchev–Trinajstić information content (AvgIpc) is 2.28. The summed E-state index contributed by atoms with van der Waals surface area (Å²) in [6.45, 7) is 5.31. The van der Waals surface area contributed by atoms with Gasteiger partial charge in [-0.25, -0.2) is 4.79 Å². The molecule has 0 aliphatic heterocycles. The molecule has 0 fully saturated rings. The fourth-order valence-corrected chi connectivity index (χ4v) is 1.54. The molecule has 0 unspecified atom stereocenters. The molecule has 0 aliphatic carbocycles. The zero-order valence-corrected chi connectivity index (χ0v) is 11.2. The zero-order chi connectivity index (χ0) is 13.8. The van der Waals surface area contributed by atoms with Gasteiger partial charge in [0.05, 0.1) is 0 Å². The van der Waals surface area contributed by atoms with Gasteiger partial charge in [0.15, 0.2) is 6.10 Å². The summed E-state index contributed by atoms with van der Waals surface area (Å²) in [6.07, 6.45) is -2.06. The normalized spacial score (nSPS) is 14.9. The molecule has 0 radical (unpaired) electrons. The van der Waals surface area contributed by atoms with Crippen molar-refractivity contribution < 1.29 is 19.4 Å². The third kappa shape index (κ3) is 4.13. The first-order valence-electron chi connectivity index (χ1n) is 5.84. The first kappa shape index (κ1) is 14.7. The molecule has 4 nitrogen and oxygen atoms in total. The average molecular weight is 252 g/mol. The van der Waals surface area contributed by atoms with Crippen LogP contribution in [0.4, 0.5) is 0 Å². The zero-order valence-electron chi connectivity index (χ0n) is 11.2. The summed E-state index contributed by atoms with van der Waals surface area (Å²) >= 11 is 0. The highest BCUT2D eigenvalue weighted by atomic mass is 16.6. The van der Waals surface area contributed by atoms with E-state index in [1.807, 2.05) is 6.07 Å². The summed E-state index contributed by atoms with van der Waals surface area (Å²) in [5.74, 6) is -0.568. The predicted octanol–water partition coefficient (Wildman–Crippen LogP) is 2.08. The molecule has 100 valence electrons. The van der Waals surface area contributed by atoms with Gasteiger partial charge in [-0.2, -0.15) is 0 Å². The highest BCUT2D eigenvalue weighted by Gasteiger charge is 2.32. The number of aliphatic hydroxyl groups excluding tert-OH is 1. The quantitative estimate of drug-likeness (QED) is 0.833. The first-order valence-corrected chi connectivity index (χ1v) is 5.84. The van der Waals surface area contributed by atoms with E-state index in [1.165, 1.54) is 7.11 Å². The minimum Gasteiger partial charge on any atom is -0.458 e. The standard InChI is InChI=1S/C14H20O4/c1-14(2,3)18-13(16)12(17-4)11(15)10-8-6-5-7-9-10/h5-9,11-12,15H,1-4H3/t11-,12-/m0/s1. The monoisotopic (exact) mass is 252 g/mol. The summed E-state index contributed by atoms with van der Waals surface area (Å²) in [4.78, 5) is 11.9. The van der Waals surface area contributed by atoms with Crippen molar-refractivity contribution >= 4 is 5.97 Å². The Morgan fingerprint density at radius 2 is 1.78 bits per heavy atom. The van der Waals surface area contributed by atoms with Crippen LogP contribution in [0.15, 0.2) is 30.3 Å². The van der Waals surface area contributed by atoms with E-state index >= 15 is 0 Å². The van der Waals surface area contributed by atoms with Crippen LogP contribution in [0.25, 0.3) is 0 Å². The van der Waals surface area contributed by atoms with E-state index in [4.69, 9.17) is 9.47 Å². The Labute approximate surface area is 108 Å². The molecular weight excluding hydrogens is 232 g/mol. The van der Waals surface area contributed by atoms with Crippen LogP contribution in [0.2, 0.25) is 0 Å². The van der Waals surface area contributed by atoms with E-state index in [-0.39, 0.29) is 0 Å². The van der Waals surface area contributed by atoms with Crippen LogP contribution in [0.5, 0.6) is 0 Å². The summed E-state index contributed by atoms with van der Waals surface area (Å²) in [6, 6.07) is 8.90. The van der Waals surface area contributed by atoms with E-state index in [0.717, 1.165) is 0 Å². The van der Waals surface area contributed by atoms with Crippen LogP contribution in [0.1, 0.15) is 32.4 Å². The van der Waals surface area contributed by atoms with Crippen molar-refractivity contribution in [1.82, 2.24) is 0 Å². The molecule has 0 bridgehead atoms. The van der Waals surface area contributed by atoms with Crippen molar-refractivity contribution in [3.05, 3.63) is 35.9 Å². The van der Waals surface area contributed by atoms with Crippen LogP contribution < -0.4 is 0 Å². The van der Waals surface area contributed by atoms with Gasteiger partial charge >= 0.3 is 5.97 Å². The molecule has 0 heterocycles. The van der Waals surface area contributed by atoms with Crippen molar-refractivity contribution in [2.45, 2.75) is 38.6 Å². The second kappa shape index (κ2) is 5.98. The smallest absolute Gasteiger partial charge is 0.338 e. The third-order valence-electron chi connectivity index (χ3n) is 2.32. The highest BCUT2D eigenvalue weighted by Crippen LogP contribution is 2.21. The van der Waals surface area contributed by atoms with Crippen LogP contribution in [-0.2, 0) is 14.3 Å². The Kier molecular flexibility index (Phi) is 4.87. The fraction of sp³-hybridized carbons (Fsp3) is 0.500. The summed E-state index contributed by atoms with van der Waals surface area (Å²) in [5, 5.41) is 10.1. The number of methoxy groups -OCH3 is 1. The van der Waals surface area contributed by atoms with Gasteiger partial charge in [-0.15, -0.1) is 0 Å². The van der Waals surface area contributed by atoms with Crippen LogP contribution >= 0.6 is 0 Å². The molecular formula is C14H20O4. The maximum absolute atomic E-state index is 11.9. The van der Waals surface area contributed by atoms with Crippen molar-refractivity contribution in [3.8, 4) is 0 Å². The minimum absolute atomic E-state index is 0.568. The lowest BCUT2D eigenvalue weighted by molar-refractivity contribution is -0.174. The lowest BCUT2D eigenvalue weighted by atomic mass is 10.0. The second-order valence-corrected chi connectivity index (χ2v) is 5.05. The molecule has 1 aromatic carbocycles. The molecule has 1 rings (SSSR count). The summed E-state index contributed by atoms with van der Waals surface area (Å²) in [7, 11) is 1.38. The van der Waals surface area contributed by atoms with Crippen molar-refractivity contribution in [3.63, 3.8) is 0 Å². The molecule has 0 amide bonds. The second-order valence-electron chi connectivity index (χ2n) is 5.05. The molecule has 4 heteroatoms. The number of aliphatic hydroxyl groups is 1. The van der Waals surface area contributed by atoms with Crippen LogP contribution in [0, 0.1) is 0 Å². The number of rotatable bonds is 4. The number of esters is 1. The largest absolute Gasteiger partial charge is 0.458 e. The number of hydrogen-bond donors (Lipinski definition) is 1. The SMILES string of the molecule is CO[C@H](C(=O)OC(C)(C)C)[C@@H](O)c1ccccc1. The van der Waals surface area contributed by atoms with E-state index in [2.05, 4.69) is 0 Å². The van der Waals surface area contributed by atoms with Gasteiger partial charge in [0.2, 0.25) is 0 Å². The molecule has 0 aliphatic rings. The maximum atomic E-state index is 11.9. The first-order chi connectivity index (χ1) is 8.35. The Morgan fingerprint density at radius 3 is 2.22 bits per heavy atom. The molecule has 0 aromatic heterocycles. The molecule has 1 aromatic rings. The van der Waals surface area contributed by atoms with Gasteiger partial charge in [-0.05, 0) is 26.3 Å². The number of hydrogen-bond acceptors (Lipinski definition) is 4. The predicted molar refractivity (Wildman–Crippen MR) is 68.0 cm³/mol. The molecule has 0 spiro atoms. The molecule has 0 saturated carbocycles. The van der Waals surface area contributed by atoms with Crippen molar-refractivity contribution in [2.24, 2.45) is 0 Å². The van der Waals surface area contributed by atoms with E-state index in [0.29, 0.717) is 5.56 Å². The summed E-state index contributed by atoms with van der Waals surface area (Å²) in [5.41, 5.74) is 0.0137. The number of benzene rings is 1. The lowest BCUT2D eigenvalue weighted by Gasteiger charge is -2.25. The van der Waals surface area contributed by atoms with Gasteiger partial charge in [-0.3, -0.25) is 0 Å². The summed E-state index contributed by atoms with van der Waals surface area (Å²) < 4.78 is 10.3. The Balaban J connectivity index is 2.81. The molecule has 2 atom stereocenters. The minimum atomic E-state index is -1.04. The molecule has 0 saturated heterocycles. The Morgan fingerprint density at radius 1 is 1.22 bits per heavy atom. The van der Waals surface area contributed by atoms with Crippen LogP contribution in [0.3, 0.4) is 0 Å². The topological polar surface area (TPSA) is 55.8 Å². The Bertz CT molecular complexity index is 381. The third-order valence-corrected chi connectivity index (χ3v) is 2.32. The fourth-order valence-electron chi connectivity index (χ4n) is 1.54. The maximum Gasteiger partial charge on any atom is 0.338 e. The van der Waals surface area contributed by atoms with Gasteiger partial charge < -0.3 is 14.6 Å². The lowest BCUT2D eigenvalue weighted by Crippen LogP contribution is -2.36. The van der Waals surface area contributed by atoms with Gasteiger partial charge in [0.25, 0.3) is 0 Å². The van der Waals surface area contributed by atoms with E-state index in [9.17, 15) is 9.90 Å². The van der Waals surface area contributed by atoms with Gasteiger partial charge in [0, 0.05) is 7.11 Å². The van der Waals surface area contributed by atoms with E-state index in [1.54, 1.807) is 45.0 Å². The number of carbonyl (C=O) groups is 1. The number of ether oxygens (including phenoxy) is 2. The van der Waals surface area contributed by atoms with E-state index < -0.39 is 23.8 Å². The van der Waals surface area contributed by atoms with Gasteiger partial charge in [-0.1, -0.05) is 30.3 Å². The molecule has 1 N–H and O–H groups in total. The van der Waals surface area contributed by atoms with Crippen LogP contribution in [-0.4, -0.2) is 29.9 Å². The van der Waals surface area contributed by atoms with Crippen molar-refractivity contribution in [1.29, 1.82) is 0 Å². The van der Waals surface area contributed by atoms with Crippen molar-refractivity contribution in [2.75, 3.05) is 7.11 Å². The molecule has 18 heavy (non-hydrogen) atoms. The number of carbonyl (C=O) groups excluding carboxylic acids is 1. The highest BCUT2D eigenvalue weighted by molar-refractivity contribution is 5.76. The van der Waals surface area contributed by atoms with Gasteiger partial charge in [0.1, 0.15) is 11.7 Å².